The van der Waals surface area contributed by atoms with E-state index < -0.39 is 0 Å². The molecule has 6 nitrogen and oxygen atoms in total. The van der Waals surface area contributed by atoms with Gasteiger partial charge in [0.05, 0.1) is 12.8 Å². The molecule has 0 unspecified atom stereocenters. The summed E-state index contributed by atoms with van der Waals surface area (Å²) in [6.07, 6.45) is 6.12. The first-order valence-electron chi connectivity index (χ1n) is 8.96. The number of rotatable bonds is 4. The van der Waals surface area contributed by atoms with Crippen molar-refractivity contribution in [3.63, 3.8) is 0 Å². The van der Waals surface area contributed by atoms with Gasteiger partial charge in [-0.15, -0.1) is 0 Å². The highest BCUT2D eigenvalue weighted by atomic mass is 16.3. The second kappa shape index (κ2) is 7.83. The fraction of sp³-hybridized carbons (Fsp3) is 0.667. The van der Waals surface area contributed by atoms with Crippen molar-refractivity contribution in [1.82, 2.24) is 15.1 Å². The maximum absolute atomic E-state index is 12.2. The van der Waals surface area contributed by atoms with E-state index in [0.717, 1.165) is 31.8 Å². The summed E-state index contributed by atoms with van der Waals surface area (Å²) >= 11 is 0. The molecule has 1 aliphatic heterocycles. The predicted molar refractivity (Wildman–Crippen MR) is 90.6 cm³/mol. The van der Waals surface area contributed by atoms with Crippen molar-refractivity contribution < 1.29 is 14.0 Å². The Morgan fingerprint density at radius 2 is 1.88 bits per heavy atom. The molecular formula is C18H27N3O3. The summed E-state index contributed by atoms with van der Waals surface area (Å²) in [5, 5.41) is 3.17. The predicted octanol–water partition coefficient (Wildman–Crippen LogP) is 1.73. The summed E-state index contributed by atoms with van der Waals surface area (Å²) in [5.41, 5.74) is 0. The molecule has 2 aliphatic rings. The van der Waals surface area contributed by atoms with Gasteiger partial charge in [0, 0.05) is 32.2 Å². The van der Waals surface area contributed by atoms with Crippen LogP contribution in [0, 0.1) is 5.92 Å². The van der Waals surface area contributed by atoms with Crippen LogP contribution in [-0.2, 0) is 4.79 Å². The largest absolute Gasteiger partial charge is 0.459 e. The second-order valence-electron chi connectivity index (χ2n) is 7.07. The smallest absolute Gasteiger partial charge is 0.289 e. The first kappa shape index (κ1) is 17.0. The molecule has 1 aliphatic carbocycles. The summed E-state index contributed by atoms with van der Waals surface area (Å²) in [7, 11) is 0. The molecule has 1 saturated heterocycles. The van der Waals surface area contributed by atoms with Crippen LogP contribution < -0.4 is 5.32 Å². The van der Waals surface area contributed by atoms with E-state index >= 15 is 0 Å². The van der Waals surface area contributed by atoms with Gasteiger partial charge in [-0.25, -0.2) is 0 Å². The third-order valence-electron chi connectivity index (χ3n) is 5.14. The Balaban J connectivity index is 1.39. The summed E-state index contributed by atoms with van der Waals surface area (Å²) < 4.78 is 5.16. The summed E-state index contributed by atoms with van der Waals surface area (Å²) in [4.78, 5) is 28.3. The highest BCUT2D eigenvalue weighted by Crippen LogP contribution is 2.23. The van der Waals surface area contributed by atoms with Crippen LogP contribution in [0.4, 0.5) is 0 Å². The molecule has 24 heavy (non-hydrogen) atoms. The van der Waals surface area contributed by atoms with Gasteiger partial charge in [-0.2, -0.15) is 0 Å². The van der Waals surface area contributed by atoms with Gasteiger partial charge in [-0.1, -0.05) is 6.92 Å². The number of nitrogens with zero attached hydrogens (tertiary/aromatic N) is 2. The molecule has 1 aromatic rings. The summed E-state index contributed by atoms with van der Waals surface area (Å²) in [5.74, 6) is 1.21. The lowest BCUT2D eigenvalue weighted by atomic mass is 9.87. The van der Waals surface area contributed by atoms with Crippen molar-refractivity contribution in [3.8, 4) is 0 Å². The summed E-state index contributed by atoms with van der Waals surface area (Å²) in [6.45, 7) is 5.42. The molecule has 0 bridgehead atoms. The van der Waals surface area contributed by atoms with E-state index in [1.165, 1.54) is 19.1 Å². The molecule has 1 saturated carbocycles. The van der Waals surface area contributed by atoms with Crippen molar-refractivity contribution in [2.45, 2.75) is 38.6 Å². The minimum Gasteiger partial charge on any atom is -0.459 e. The monoisotopic (exact) mass is 333 g/mol. The Morgan fingerprint density at radius 3 is 2.50 bits per heavy atom. The number of carbonyl (C=O) groups excluding carboxylic acids is 2. The third-order valence-corrected chi connectivity index (χ3v) is 5.14. The van der Waals surface area contributed by atoms with Crippen molar-refractivity contribution in [3.05, 3.63) is 24.2 Å². The van der Waals surface area contributed by atoms with Gasteiger partial charge in [-0.05, 0) is 43.7 Å². The standard InChI is InChI=1S/C18H27N3O3/c1-14-4-6-15(7-5-14)19-17(22)13-20-8-10-21(11-9-20)18(23)16-3-2-12-24-16/h2-3,12,14-15H,4-11,13H2,1H3,(H,19,22). The molecule has 132 valence electrons. The van der Waals surface area contributed by atoms with Gasteiger partial charge in [0.2, 0.25) is 5.91 Å². The lowest BCUT2D eigenvalue weighted by Crippen LogP contribution is -2.52. The van der Waals surface area contributed by atoms with Crippen molar-refractivity contribution in [2.24, 2.45) is 5.92 Å². The maximum Gasteiger partial charge on any atom is 0.289 e. The van der Waals surface area contributed by atoms with Gasteiger partial charge in [0.1, 0.15) is 0 Å². The molecule has 0 aromatic carbocycles. The molecule has 2 heterocycles. The van der Waals surface area contributed by atoms with Crippen LogP contribution in [0.5, 0.6) is 0 Å². The number of hydrogen-bond donors (Lipinski definition) is 1. The number of carbonyl (C=O) groups is 2. The molecule has 1 N–H and O–H groups in total. The number of hydrogen-bond acceptors (Lipinski definition) is 4. The van der Waals surface area contributed by atoms with E-state index in [0.29, 0.717) is 31.4 Å². The van der Waals surface area contributed by atoms with Crippen molar-refractivity contribution in [2.75, 3.05) is 32.7 Å². The van der Waals surface area contributed by atoms with Crippen LogP contribution in [0.15, 0.2) is 22.8 Å². The molecule has 6 heteroatoms. The van der Waals surface area contributed by atoms with Gasteiger partial charge in [0.25, 0.3) is 5.91 Å². The SMILES string of the molecule is CC1CCC(NC(=O)CN2CCN(C(=O)c3ccco3)CC2)CC1. The molecule has 2 amide bonds. The zero-order valence-corrected chi connectivity index (χ0v) is 14.4. The number of furan rings is 1. The van der Waals surface area contributed by atoms with Crippen LogP contribution in [-0.4, -0.2) is 60.4 Å². The highest BCUT2D eigenvalue weighted by molar-refractivity contribution is 5.91. The third kappa shape index (κ3) is 4.38. The fourth-order valence-corrected chi connectivity index (χ4v) is 3.55. The van der Waals surface area contributed by atoms with E-state index in [9.17, 15) is 9.59 Å². The fourth-order valence-electron chi connectivity index (χ4n) is 3.55. The molecule has 0 spiro atoms. The van der Waals surface area contributed by atoms with E-state index in [2.05, 4.69) is 17.1 Å². The minimum atomic E-state index is -0.0690. The quantitative estimate of drug-likeness (QED) is 0.911. The van der Waals surface area contributed by atoms with Crippen LogP contribution in [0.25, 0.3) is 0 Å². The first-order valence-corrected chi connectivity index (χ1v) is 8.96. The van der Waals surface area contributed by atoms with Crippen LogP contribution >= 0.6 is 0 Å². The van der Waals surface area contributed by atoms with Crippen LogP contribution in [0.2, 0.25) is 0 Å². The molecular weight excluding hydrogens is 306 g/mol. The number of nitrogens with one attached hydrogen (secondary N) is 1. The van der Waals surface area contributed by atoms with Crippen LogP contribution in [0.3, 0.4) is 0 Å². The molecule has 3 rings (SSSR count). The number of piperazine rings is 1. The van der Waals surface area contributed by atoms with Gasteiger partial charge >= 0.3 is 0 Å². The molecule has 2 fully saturated rings. The Labute approximate surface area is 143 Å². The molecule has 0 atom stereocenters. The Kier molecular flexibility index (Phi) is 5.56. The normalized spacial score (nSPS) is 25.5. The average Bonchev–Trinajstić information content (AvgIpc) is 3.11. The Morgan fingerprint density at radius 1 is 1.17 bits per heavy atom. The van der Waals surface area contributed by atoms with E-state index in [-0.39, 0.29) is 11.8 Å². The molecule has 0 radical (unpaired) electrons. The zero-order chi connectivity index (χ0) is 16.9. The van der Waals surface area contributed by atoms with Crippen molar-refractivity contribution >= 4 is 11.8 Å². The van der Waals surface area contributed by atoms with E-state index in [1.54, 1.807) is 17.0 Å². The van der Waals surface area contributed by atoms with Crippen LogP contribution in [0.1, 0.15) is 43.2 Å². The van der Waals surface area contributed by atoms with E-state index in [1.807, 2.05) is 0 Å². The average molecular weight is 333 g/mol. The first-order chi connectivity index (χ1) is 11.6. The van der Waals surface area contributed by atoms with Gasteiger partial charge in [0.15, 0.2) is 5.76 Å². The zero-order valence-electron chi connectivity index (χ0n) is 14.4. The minimum absolute atomic E-state index is 0.0690. The Hall–Kier alpha value is -1.82. The van der Waals surface area contributed by atoms with Gasteiger partial charge in [-0.3, -0.25) is 14.5 Å². The number of amides is 2. The lowest BCUT2D eigenvalue weighted by Gasteiger charge is -2.34. The highest BCUT2D eigenvalue weighted by Gasteiger charge is 2.25. The maximum atomic E-state index is 12.2. The summed E-state index contributed by atoms with van der Waals surface area (Å²) in [6, 6.07) is 3.75. The van der Waals surface area contributed by atoms with Crippen molar-refractivity contribution in [1.29, 1.82) is 0 Å². The topological polar surface area (TPSA) is 65.8 Å². The Bertz CT molecular complexity index is 542. The second-order valence-corrected chi connectivity index (χ2v) is 7.07. The van der Waals surface area contributed by atoms with E-state index in [4.69, 9.17) is 4.42 Å². The lowest BCUT2D eigenvalue weighted by molar-refractivity contribution is -0.123. The van der Waals surface area contributed by atoms with Gasteiger partial charge < -0.3 is 14.6 Å². The molecule has 1 aromatic heterocycles.